The van der Waals surface area contributed by atoms with Crippen LogP contribution in [0.5, 0.6) is 0 Å². The molecule has 0 heterocycles. The number of carbonyl (C=O) groups is 1. The first-order valence-corrected chi connectivity index (χ1v) is 10.9. The molecule has 2 N–H and O–H groups in total. The standard InChI is InChI=1S/C18H35O5P.Na.H/c1-2-3-4-5-6-7-8-9-10-11-12-13-14-15-16-17-18(19)23-24(20,21)22;;/h9-10H,2-8,11-17H2,1H3,(H2,20,21,22);;/q;+1;-1/b10-9-;;. The van der Waals surface area contributed by atoms with Crippen LogP contribution in [0.4, 0.5) is 0 Å². The number of phosphoric ester groups is 1. The molecule has 0 rings (SSSR count). The van der Waals surface area contributed by atoms with Gasteiger partial charge in [-0.15, -0.1) is 0 Å². The van der Waals surface area contributed by atoms with Crippen LogP contribution in [-0.4, -0.2) is 15.8 Å². The zero-order valence-electron chi connectivity index (χ0n) is 17.1. The minimum Gasteiger partial charge on any atom is -1.00 e. The van der Waals surface area contributed by atoms with E-state index in [1.807, 2.05) is 0 Å². The maximum atomic E-state index is 11.1. The zero-order valence-corrected chi connectivity index (χ0v) is 19.0. The second-order valence-electron chi connectivity index (χ2n) is 6.29. The Bertz CT molecular complexity index is 388. The fourth-order valence-corrected chi connectivity index (χ4v) is 2.87. The summed E-state index contributed by atoms with van der Waals surface area (Å²) in [5, 5.41) is 0. The van der Waals surface area contributed by atoms with Gasteiger partial charge in [0, 0.05) is 6.42 Å². The normalized spacial score (nSPS) is 11.5. The van der Waals surface area contributed by atoms with Crippen LogP contribution in [0.1, 0.15) is 98.2 Å². The Balaban J connectivity index is -0.00000264. The first-order chi connectivity index (χ1) is 11.5. The number of carbonyl (C=O) groups excluding carboxylic acids is 1. The number of rotatable bonds is 16. The van der Waals surface area contributed by atoms with Crippen LogP contribution < -0.4 is 29.6 Å². The van der Waals surface area contributed by atoms with Crippen LogP contribution in [0.15, 0.2) is 12.2 Å². The van der Waals surface area contributed by atoms with Crippen LogP contribution >= 0.6 is 7.82 Å². The molecular weight excluding hydrogens is 350 g/mol. The van der Waals surface area contributed by atoms with E-state index in [-0.39, 0.29) is 37.4 Å². The number of allylic oxidation sites excluding steroid dienone is 2. The summed E-state index contributed by atoms with van der Waals surface area (Å²) < 4.78 is 14.4. The molecule has 0 aliphatic rings. The van der Waals surface area contributed by atoms with Crippen LogP contribution in [0.25, 0.3) is 0 Å². The molecule has 0 aromatic carbocycles. The molecule has 0 atom stereocenters. The molecule has 0 aliphatic carbocycles. The molecule has 0 saturated carbocycles. The Kier molecular flexibility index (Phi) is 21.1. The Morgan fingerprint density at radius 1 is 0.880 bits per heavy atom. The van der Waals surface area contributed by atoms with E-state index < -0.39 is 13.8 Å². The van der Waals surface area contributed by atoms with E-state index in [9.17, 15) is 9.36 Å². The van der Waals surface area contributed by atoms with Crippen LogP contribution in [0.2, 0.25) is 0 Å². The first kappa shape index (κ1) is 27.6. The van der Waals surface area contributed by atoms with E-state index in [1.165, 1.54) is 44.9 Å². The topological polar surface area (TPSA) is 83.8 Å². The van der Waals surface area contributed by atoms with Crippen LogP contribution in [-0.2, 0) is 13.9 Å². The summed E-state index contributed by atoms with van der Waals surface area (Å²) in [6, 6.07) is 0. The van der Waals surface area contributed by atoms with Crippen molar-refractivity contribution in [3.05, 3.63) is 12.2 Å². The maximum absolute atomic E-state index is 11.1. The van der Waals surface area contributed by atoms with E-state index >= 15 is 0 Å². The van der Waals surface area contributed by atoms with Crippen molar-refractivity contribution in [2.45, 2.75) is 96.8 Å². The molecule has 0 unspecified atom stereocenters. The van der Waals surface area contributed by atoms with Gasteiger partial charge in [0.15, 0.2) is 0 Å². The summed E-state index contributed by atoms with van der Waals surface area (Å²) in [7, 11) is -4.67. The molecule has 5 nitrogen and oxygen atoms in total. The summed E-state index contributed by atoms with van der Waals surface area (Å²) in [5.74, 6) is -0.819. The minimum absolute atomic E-state index is 0. The third-order valence-electron chi connectivity index (χ3n) is 3.86. The fraction of sp³-hybridized carbons (Fsp3) is 0.833. The van der Waals surface area contributed by atoms with Crippen molar-refractivity contribution in [1.82, 2.24) is 0 Å². The monoisotopic (exact) mass is 386 g/mol. The van der Waals surface area contributed by atoms with Gasteiger partial charge in [0.2, 0.25) is 0 Å². The van der Waals surface area contributed by atoms with Gasteiger partial charge in [-0.2, -0.15) is 0 Å². The molecule has 25 heavy (non-hydrogen) atoms. The molecule has 0 radical (unpaired) electrons. The van der Waals surface area contributed by atoms with Crippen molar-refractivity contribution in [2.24, 2.45) is 0 Å². The van der Waals surface area contributed by atoms with Crippen molar-refractivity contribution in [3.8, 4) is 0 Å². The average Bonchev–Trinajstić information content (AvgIpc) is 2.49. The second-order valence-corrected chi connectivity index (χ2v) is 7.45. The third kappa shape index (κ3) is 24.4. The molecule has 0 aromatic rings. The van der Waals surface area contributed by atoms with Gasteiger partial charge in [-0.1, -0.05) is 70.4 Å². The summed E-state index contributed by atoms with van der Waals surface area (Å²) in [4.78, 5) is 28.0. The molecule has 0 amide bonds. The Morgan fingerprint density at radius 2 is 1.32 bits per heavy atom. The van der Waals surface area contributed by atoms with Gasteiger partial charge in [-0.05, 0) is 32.1 Å². The van der Waals surface area contributed by atoms with Crippen LogP contribution in [0, 0.1) is 0 Å². The molecular formula is C18H36NaO5P. The third-order valence-corrected chi connectivity index (χ3v) is 4.30. The largest absolute Gasteiger partial charge is 1.00 e. The number of hydrogen-bond donors (Lipinski definition) is 2. The smallest absolute Gasteiger partial charge is 1.00 e. The average molecular weight is 386 g/mol. The Hall–Kier alpha value is 0.360. The van der Waals surface area contributed by atoms with E-state index in [2.05, 4.69) is 23.6 Å². The molecule has 0 aromatic heterocycles. The van der Waals surface area contributed by atoms with Gasteiger partial charge in [0.05, 0.1) is 0 Å². The predicted molar refractivity (Wildman–Crippen MR) is 98.7 cm³/mol. The number of hydrogen-bond acceptors (Lipinski definition) is 3. The van der Waals surface area contributed by atoms with Gasteiger partial charge in [0.1, 0.15) is 0 Å². The number of unbranched alkanes of at least 4 members (excludes halogenated alkanes) is 11. The van der Waals surface area contributed by atoms with Crippen molar-refractivity contribution >= 4 is 13.8 Å². The zero-order chi connectivity index (χ0) is 18.1. The van der Waals surface area contributed by atoms with E-state index in [1.54, 1.807) is 0 Å². The minimum atomic E-state index is -4.67. The van der Waals surface area contributed by atoms with E-state index in [0.717, 1.165) is 32.1 Å². The second kappa shape index (κ2) is 19.1. The molecule has 0 spiro atoms. The predicted octanol–water partition coefficient (Wildman–Crippen LogP) is 2.78. The van der Waals surface area contributed by atoms with Gasteiger partial charge in [-0.25, -0.2) is 4.57 Å². The van der Waals surface area contributed by atoms with Crippen molar-refractivity contribution in [2.75, 3.05) is 0 Å². The Labute approximate surface area is 177 Å². The summed E-state index contributed by atoms with van der Waals surface area (Å²) in [5.41, 5.74) is 0. The molecule has 144 valence electrons. The van der Waals surface area contributed by atoms with E-state index in [0.29, 0.717) is 6.42 Å². The van der Waals surface area contributed by atoms with Crippen molar-refractivity contribution in [3.63, 3.8) is 0 Å². The fourth-order valence-electron chi connectivity index (χ4n) is 2.52. The van der Waals surface area contributed by atoms with E-state index in [4.69, 9.17) is 9.79 Å². The summed E-state index contributed by atoms with van der Waals surface area (Å²) in [6.07, 6.45) is 19.8. The quantitative estimate of drug-likeness (QED) is 0.184. The van der Waals surface area contributed by atoms with Crippen LogP contribution in [0.3, 0.4) is 0 Å². The van der Waals surface area contributed by atoms with Gasteiger partial charge < -0.3 is 5.95 Å². The summed E-state index contributed by atoms with van der Waals surface area (Å²) >= 11 is 0. The summed E-state index contributed by atoms with van der Waals surface area (Å²) in [6.45, 7) is 2.24. The molecule has 0 fully saturated rings. The molecule has 0 bridgehead atoms. The Morgan fingerprint density at radius 3 is 1.80 bits per heavy atom. The van der Waals surface area contributed by atoms with Gasteiger partial charge in [0.25, 0.3) is 0 Å². The van der Waals surface area contributed by atoms with Gasteiger partial charge in [-0.3, -0.25) is 14.6 Å². The number of phosphoric acid groups is 1. The first-order valence-electron chi connectivity index (χ1n) is 9.38. The van der Waals surface area contributed by atoms with Gasteiger partial charge >= 0.3 is 43.3 Å². The maximum Gasteiger partial charge on any atom is 1.00 e. The molecule has 0 saturated heterocycles. The van der Waals surface area contributed by atoms with Crippen molar-refractivity contribution in [1.29, 1.82) is 0 Å². The molecule has 0 aliphatic heterocycles. The van der Waals surface area contributed by atoms with Crippen molar-refractivity contribution < 1.29 is 54.7 Å². The SMILES string of the molecule is CCCCCCCC/C=C\CCCCCCCC(=O)OP(=O)(O)O.[H-].[Na+]. The molecule has 7 heteroatoms.